The van der Waals surface area contributed by atoms with Gasteiger partial charge in [0.05, 0.1) is 11.1 Å². The number of carbonyl (C=O) groups excluding carboxylic acids is 1. The summed E-state index contributed by atoms with van der Waals surface area (Å²) in [5, 5.41) is 4.36. The first-order valence-corrected chi connectivity index (χ1v) is 8.54. The highest BCUT2D eigenvalue weighted by Gasteiger charge is 2.21. The van der Waals surface area contributed by atoms with Crippen molar-refractivity contribution in [3.63, 3.8) is 0 Å². The van der Waals surface area contributed by atoms with Crippen molar-refractivity contribution in [2.75, 3.05) is 20.6 Å². The summed E-state index contributed by atoms with van der Waals surface area (Å²) >= 11 is 6.16. The summed E-state index contributed by atoms with van der Waals surface area (Å²) < 4.78 is 5.73. The Morgan fingerprint density at radius 2 is 1.88 bits per heavy atom. The van der Waals surface area contributed by atoms with E-state index in [1.807, 2.05) is 51.4 Å². The largest absolute Gasteiger partial charge is 0.449 e. The fourth-order valence-electron chi connectivity index (χ4n) is 2.97. The van der Waals surface area contributed by atoms with E-state index < -0.39 is 0 Å². The third-order valence-electron chi connectivity index (χ3n) is 4.39. The summed E-state index contributed by atoms with van der Waals surface area (Å²) in [5.41, 5.74) is 2.51. The molecule has 1 heterocycles. The van der Waals surface area contributed by atoms with Crippen molar-refractivity contribution in [1.29, 1.82) is 0 Å². The van der Waals surface area contributed by atoms with E-state index in [0.29, 0.717) is 22.9 Å². The van der Waals surface area contributed by atoms with Gasteiger partial charge in [0.25, 0.3) is 5.91 Å². The molecule has 1 N–H and O–H groups in total. The quantitative estimate of drug-likeness (QED) is 0.735. The third-order valence-corrected chi connectivity index (χ3v) is 4.68. The lowest BCUT2D eigenvalue weighted by molar-refractivity contribution is 0.0915. The van der Waals surface area contributed by atoms with Crippen LogP contribution in [0.2, 0.25) is 5.02 Å². The standard InChI is InChI=1S/C20H21ClN2O2/c1-13-15-10-7-11-16(21)19(15)25-18(13)20(24)22-12-17(23(2)3)14-8-5-4-6-9-14/h4-11,17H,12H2,1-3H3,(H,22,24)/t17-/m0/s1. The molecule has 0 saturated heterocycles. The second kappa shape index (κ2) is 7.30. The number of benzene rings is 2. The number of hydrogen-bond donors (Lipinski definition) is 1. The van der Waals surface area contributed by atoms with Gasteiger partial charge in [0.15, 0.2) is 11.3 Å². The van der Waals surface area contributed by atoms with Crippen LogP contribution in [0.5, 0.6) is 0 Å². The maximum Gasteiger partial charge on any atom is 0.287 e. The third kappa shape index (κ3) is 3.55. The number of para-hydroxylation sites is 1. The lowest BCUT2D eigenvalue weighted by atomic mass is 10.1. The molecule has 0 spiro atoms. The maximum absolute atomic E-state index is 12.6. The smallest absolute Gasteiger partial charge is 0.287 e. The van der Waals surface area contributed by atoms with Gasteiger partial charge >= 0.3 is 0 Å². The highest BCUT2D eigenvalue weighted by atomic mass is 35.5. The number of furan rings is 1. The van der Waals surface area contributed by atoms with Crippen LogP contribution in [0.4, 0.5) is 0 Å². The first kappa shape index (κ1) is 17.5. The number of hydrogen-bond acceptors (Lipinski definition) is 3. The predicted octanol–water partition coefficient (Wildman–Crippen LogP) is 4.43. The molecular weight excluding hydrogens is 336 g/mol. The summed E-state index contributed by atoms with van der Waals surface area (Å²) in [4.78, 5) is 14.7. The molecule has 1 aromatic heterocycles. The van der Waals surface area contributed by atoms with Gasteiger partial charge in [-0.3, -0.25) is 4.79 Å². The Kier molecular flexibility index (Phi) is 5.11. The summed E-state index contributed by atoms with van der Waals surface area (Å²) in [6.45, 7) is 2.36. The fraction of sp³-hybridized carbons (Fsp3) is 0.250. The van der Waals surface area contributed by atoms with E-state index >= 15 is 0 Å². The number of aryl methyl sites for hydroxylation is 1. The number of rotatable bonds is 5. The molecule has 0 aliphatic carbocycles. The van der Waals surface area contributed by atoms with Crippen molar-refractivity contribution in [1.82, 2.24) is 10.2 Å². The summed E-state index contributed by atoms with van der Waals surface area (Å²) in [6.07, 6.45) is 0. The molecule has 5 heteroatoms. The minimum absolute atomic E-state index is 0.0819. The van der Waals surface area contributed by atoms with Crippen LogP contribution in [0, 0.1) is 6.92 Å². The van der Waals surface area contributed by atoms with Crippen LogP contribution in [0.25, 0.3) is 11.0 Å². The van der Waals surface area contributed by atoms with E-state index in [0.717, 1.165) is 16.5 Å². The first-order chi connectivity index (χ1) is 12.0. The fourth-order valence-corrected chi connectivity index (χ4v) is 3.18. The van der Waals surface area contributed by atoms with E-state index in [-0.39, 0.29) is 11.9 Å². The van der Waals surface area contributed by atoms with Gasteiger partial charge in [0.2, 0.25) is 0 Å². The second-order valence-corrected chi connectivity index (χ2v) is 6.68. The van der Waals surface area contributed by atoms with Crippen molar-refractivity contribution in [3.8, 4) is 0 Å². The molecule has 0 fully saturated rings. The number of fused-ring (bicyclic) bond motifs is 1. The zero-order chi connectivity index (χ0) is 18.0. The molecule has 0 aliphatic rings. The molecule has 0 bridgehead atoms. The van der Waals surface area contributed by atoms with Crippen LogP contribution in [-0.4, -0.2) is 31.4 Å². The molecule has 1 amide bonds. The van der Waals surface area contributed by atoms with Gasteiger partial charge in [-0.25, -0.2) is 0 Å². The van der Waals surface area contributed by atoms with Crippen LogP contribution in [-0.2, 0) is 0 Å². The molecule has 4 nitrogen and oxygen atoms in total. The van der Waals surface area contributed by atoms with E-state index in [9.17, 15) is 4.79 Å². The van der Waals surface area contributed by atoms with Crippen molar-refractivity contribution < 1.29 is 9.21 Å². The Labute approximate surface area is 152 Å². The Morgan fingerprint density at radius 1 is 1.16 bits per heavy atom. The molecule has 3 rings (SSSR count). The van der Waals surface area contributed by atoms with Crippen LogP contribution in [0.15, 0.2) is 52.9 Å². The van der Waals surface area contributed by atoms with Gasteiger partial charge in [0, 0.05) is 17.5 Å². The van der Waals surface area contributed by atoms with Gasteiger partial charge in [-0.2, -0.15) is 0 Å². The van der Waals surface area contributed by atoms with Crippen LogP contribution >= 0.6 is 11.6 Å². The highest BCUT2D eigenvalue weighted by Crippen LogP contribution is 2.30. The average Bonchev–Trinajstić information content (AvgIpc) is 2.94. The number of amides is 1. The molecule has 3 aromatic rings. The van der Waals surface area contributed by atoms with E-state index in [4.69, 9.17) is 16.0 Å². The monoisotopic (exact) mass is 356 g/mol. The van der Waals surface area contributed by atoms with Crippen molar-refractivity contribution in [3.05, 3.63) is 70.4 Å². The Bertz CT molecular complexity index is 887. The topological polar surface area (TPSA) is 45.5 Å². The van der Waals surface area contributed by atoms with Gasteiger partial charge in [-0.1, -0.05) is 54.1 Å². The molecule has 0 saturated carbocycles. The van der Waals surface area contributed by atoms with Crippen molar-refractivity contribution >= 4 is 28.5 Å². The normalized spacial score (nSPS) is 12.5. The Hall–Kier alpha value is -2.30. The molecule has 0 radical (unpaired) electrons. The van der Waals surface area contributed by atoms with E-state index in [2.05, 4.69) is 22.3 Å². The molecule has 25 heavy (non-hydrogen) atoms. The van der Waals surface area contributed by atoms with Crippen LogP contribution < -0.4 is 5.32 Å². The zero-order valence-electron chi connectivity index (χ0n) is 14.5. The van der Waals surface area contributed by atoms with Gasteiger partial charge < -0.3 is 14.6 Å². The van der Waals surface area contributed by atoms with E-state index in [1.54, 1.807) is 6.07 Å². The summed E-state index contributed by atoms with van der Waals surface area (Å²) in [7, 11) is 3.99. The zero-order valence-corrected chi connectivity index (χ0v) is 15.3. The number of nitrogens with zero attached hydrogens (tertiary/aromatic N) is 1. The summed E-state index contributed by atoms with van der Waals surface area (Å²) in [5.74, 6) is 0.0845. The Balaban J connectivity index is 1.80. The number of carbonyl (C=O) groups is 1. The first-order valence-electron chi connectivity index (χ1n) is 8.16. The van der Waals surface area contributed by atoms with Gasteiger partial charge in [-0.05, 0) is 32.6 Å². The van der Waals surface area contributed by atoms with Crippen molar-refractivity contribution in [2.45, 2.75) is 13.0 Å². The van der Waals surface area contributed by atoms with E-state index in [1.165, 1.54) is 0 Å². The van der Waals surface area contributed by atoms with Crippen molar-refractivity contribution in [2.24, 2.45) is 0 Å². The van der Waals surface area contributed by atoms with Crippen LogP contribution in [0.3, 0.4) is 0 Å². The van der Waals surface area contributed by atoms with Gasteiger partial charge in [0.1, 0.15) is 0 Å². The number of halogens is 1. The second-order valence-electron chi connectivity index (χ2n) is 6.27. The van der Waals surface area contributed by atoms with Gasteiger partial charge in [-0.15, -0.1) is 0 Å². The molecular formula is C20H21ClN2O2. The lowest BCUT2D eigenvalue weighted by Crippen LogP contribution is -2.34. The van der Waals surface area contributed by atoms with Crippen LogP contribution in [0.1, 0.15) is 27.7 Å². The molecule has 0 aliphatic heterocycles. The summed E-state index contributed by atoms with van der Waals surface area (Å²) in [6, 6.07) is 15.7. The lowest BCUT2D eigenvalue weighted by Gasteiger charge is -2.25. The molecule has 130 valence electrons. The predicted molar refractivity (Wildman–Crippen MR) is 101 cm³/mol. The Morgan fingerprint density at radius 3 is 2.52 bits per heavy atom. The molecule has 1 atom stereocenters. The minimum atomic E-state index is -0.229. The maximum atomic E-state index is 12.6. The number of nitrogens with one attached hydrogen (secondary N) is 1. The molecule has 2 aromatic carbocycles. The average molecular weight is 357 g/mol. The minimum Gasteiger partial charge on any atom is -0.449 e. The molecule has 0 unspecified atom stereocenters. The highest BCUT2D eigenvalue weighted by molar-refractivity contribution is 6.35. The number of likely N-dealkylation sites (N-methyl/N-ethyl adjacent to an activating group) is 1. The SMILES string of the molecule is Cc1c(C(=O)NC[C@@H](c2ccccc2)N(C)C)oc2c(Cl)cccc12.